The van der Waals surface area contributed by atoms with Gasteiger partial charge < -0.3 is 5.32 Å². The van der Waals surface area contributed by atoms with Crippen molar-refractivity contribution in [3.05, 3.63) is 125 Å². The summed E-state index contributed by atoms with van der Waals surface area (Å²) >= 11 is 0. The first-order chi connectivity index (χ1) is 17.4. The van der Waals surface area contributed by atoms with Crippen molar-refractivity contribution in [1.82, 2.24) is 0 Å². The molecule has 0 fully saturated rings. The number of amides is 1. The highest BCUT2D eigenvalue weighted by molar-refractivity contribution is 6.09. The van der Waals surface area contributed by atoms with Gasteiger partial charge in [-0.25, -0.2) is 4.39 Å². The fourth-order valence-electron chi connectivity index (χ4n) is 6.18. The summed E-state index contributed by atoms with van der Waals surface area (Å²) in [6.45, 7) is 4.65. The van der Waals surface area contributed by atoms with Crippen LogP contribution in [0.3, 0.4) is 0 Å². The number of benzene rings is 5. The quantitative estimate of drug-likeness (QED) is 0.262. The van der Waals surface area contributed by atoms with Gasteiger partial charge in [0.05, 0.1) is 5.56 Å². The summed E-state index contributed by atoms with van der Waals surface area (Å²) < 4.78 is 14.2. The summed E-state index contributed by atoms with van der Waals surface area (Å²) in [7, 11) is 0. The molecule has 6 rings (SSSR count). The van der Waals surface area contributed by atoms with E-state index in [1.807, 2.05) is 18.2 Å². The number of nitrogens with one attached hydrogen (secondary N) is 1. The van der Waals surface area contributed by atoms with Gasteiger partial charge in [-0.05, 0) is 80.6 Å². The molecule has 5 aromatic rings. The van der Waals surface area contributed by atoms with E-state index in [0.29, 0.717) is 0 Å². The third-order valence-corrected chi connectivity index (χ3v) is 7.68. The molecule has 1 unspecified atom stereocenters. The van der Waals surface area contributed by atoms with E-state index >= 15 is 0 Å². The Morgan fingerprint density at radius 1 is 0.806 bits per heavy atom. The monoisotopic (exact) mass is 473 g/mol. The van der Waals surface area contributed by atoms with Crippen molar-refractivity contribution in [2.45, 2.75) is 38.0 Å². The number of hydrogen-bond donors (Lipinski definition) is 1. The highest BCUT2D eigenvalue weighted by atomic mass is 19.1. The van der Waals surface area contributed by atoms with Gasteiger partial charge in [0.2, 0.25) is 0 Å². The van der Waals surface area contributed by atoms with Gasteiger partial charge in [-0.3, -0.25) is 4.79 Å². The number of fused-ring (bicyclic) bond motifs is 5. The Hall–Kier alpha value is -3.98. The van der Waals surface area contributed by atoms with Crippen LogP contribution in [0.5, 0.6) is 0 Å². The Kier molecular flexibility index (Phi) is 5.37. The maximum Gasteiger partial charge on any atom is 0.258 e. The number of carbonyl (C=O) groups excluding carboxylic acids is 1. The molecule has 1 aliphatic rings. The van der Waals surface area contributed by atoms with E-state index in [2.05, 4.69) is 73.8 Å². The molecule has 3 heteroatoms. The van der Waals surface area contributed by atoms with Gasteiger partial charge in [0.1, 0.15) is 5.82 Å². The van der Waals surface area contributed by atoms with Crippen LogP contribution >= 0.6 is 0 Å². The second-order valence-electron chi connectivity index (χ2n) is 10.5. The Bertz CT molecular complexity index is 1630. The summed E-state index contributed by atoms with van der Waals surface area (Å²) in [6, 6.07) is 31.7. The molecule has 0 spiro atoms. The van der Waals surface area contributed by atoms with Crippen molar-refractivity contribution in [3.8, 4) is 0 Å². The second-order valence-corrected chi connectivity index (χ2v) is 10.5. The molecule has 1 atom stereocenters. The molecule has 1 amide bonds. The van der Waals surface area contributed by atoms with Crippen LogP contribution in [0, 0.1) is 5.82 Å². The van der Waals surface area contributed by atoms with E-state index < -0.39 is 11.7 Å². The maximum absolute atomic E-state index is 14.2. The van der Waals surface area contributed by atoms with Gasteiger partial charge in [-0.1, -0.05) is 92.7 Å². The zero-order valence-electron chi connectivity index (χ0n) is 20.5. The Morgan fingerprint density at radius 3 is 2.39 bits per heavy atom. The van der Waals surface area contributed by atoms with Crippen molar-refractivity contribution >= 4 is 33.1 Å². The molecule has 36 heavy (non-hydrogen) atoms. The fourth-order valence-corrected chi connectivity index (χ4v) is 6.18. The zero-order valence-corrected chi connectivity index (χ0v) is 20.5. The van der Waals surface area contributed by atoms with Gasteiger partial charge in [-0.15, -0.1) is 0 Å². The SMILES string of the molecule is CC1(C)CC(c2ccccc2NC(=O)c2ccccc2F)Cc2ccc3c(ccc4ccccc43)c21. The van der Waals surface area contributed by atoms with Crippen LogP contribution < -0.4 is 5.32 Å². The predicted molar refractivity (Wildman–Crippen MR) is 146 cm³/mol. The predicted octanol–water partition coefficient (Wildman–Crippen LogP) is 8.39. The Labute approximate surface area is 210 Å². The van der Waals surface area contributed by atoms with Crippen LogP contribution in [0.2, 0.25) is 0 Å². The lowest BCUT2D eigenvalue weighted by molar-refractivity contribution is 0.102. The van der Waals surface area contributed by atoms with Crippen molar-refractivity contribution in [3.63, 3.8) is 0 Å². The van der Waals surface area contributed by atoms with E-state index in [-0.39, 0.29) is 16.9 Å². The molecule has 2 nitrogen and oxygen atoms in total. The standard InChI is InChI=1S/C33H28FNO/c1-33(2)20-23(25-11-6-8-14-30(25)35-32(36)28-12-5-7-13-29(28)34)19-22-16-17-26-24-10-4-3-9-21(24)15-18-27(26)31(22)33/h3-18,23H,19-20H2,1-2H3,(H,35,36). The number of halogens is 1. The van der Waals surface area contributed by atoms with Gasteiger partial charge in [0.15, 0.2) is 0 Å². The minimum atomic E-state index is -0.514. The van der Waals surface area contributed by atoms with Gasteiger partial charge in [0.25, 0.3) is 5.91 Å². The van der Waals surface area contributed by atoms with Crippen molar-refractivity contribution in [2.24, 2.45) is 0 Å². The molecule has 0 radical (unpaired) electrons. The number of carbonyl (C=O) groups is 1. The number of rotatable bonds is 3. The summed E-state index contributed by atoms with van der Waals surface area (Å²) in [5.74, 6) is -0.698. The van der Waals surface area contributed by atoms with Crippen LogP contribution in [0.4, 0.5) is 10.1 Å². The largest absolute Gasteiger partial charge is 0.322 e. The molecule has 0 aromatic heterocycles. The topological polar surface area (TPSA) is 29.1 Å². The first-order valence-corrected chi connectivity index (χ1v) is 12.5. The van der Waals surface area contributed by atoms with Crippen LogP contribution in [0.25, 0.3) is 21.5 Å². The molecule has 0 aliphatic heterocycles. The lowest BCUT2D eigenvalue weighted by atomic mass is 9.65. The maximum atomic E-state index is 14.2. The highest BCUT2D eigenvalue weighted by Gasteiger charge is 2.36. The number of hydrogen-bond acceptors (Lipinski definition) is 1. The summed E-state index contributed by atoms with van der Waals surface area (Å²) in [5, 5.41) is 8.17. The Balaban J connectivity index is 1.39. The van der Waals surface area contributed by atoms with Crippen LogP contribution in [-0.2, 0) is 11.8 Å². The molecule has 1 N–H and O–H groups in total. The second kappa shape index (κ2) is 8.60. The first kappa shape index (κ1) is 22.5. The van der Waals surface area contributed by atoms with E-state index in [9.17, 15) is 9.18 Å². The van der Waals surface area contributed by atoms with E-state index in [4.69, 9.17) is 0 Å². The lowest BCUT2D eigenvalue weighted by Crippen LogP contribution is -2.29. The molecule has 178 valence electrons. The van der Waals surface area contributed by atoms with Crippen LogP contribution in [-0.4, -0.2) is 5.91 Å². The summed E-state index contributed by atoms with van der Waals surface area (Å²) in [5.41, 5.74) is 4.63. The minimum absolute atomic E-state index is 0.0527. The van der Waals surface area contributed by atoms with E-state index in [1.54, 1.807) is 12.1 Å². The molecular formula is C33H28FNO. The van der Waals surface area contributed by atoms with E-state index in [1.165, 1.54) is 44.8 Å². The molecule has 0 bridgehead atoms. The lowest BCUT2D eigenvalue weighted by Gasteiger charge is -2.39. The molecule has 5 aromatic carbocycles. The third kappa shape index (κ3) is 3.76. The van der Waals surface area contributed by atoms with Crippen molar-refractivity contribution in [1.29, 1.82) is 0 Å². The Morgan fingerprint density at radius 2 is 1.53 bits per heavy atom. The van der Waals surface area contributed by atoms with Crippen LogP contribution in [0.1, 0.15) is 53.2 Å². The number of para-hydroxylation sites is 1. The first-order valence-electron chi connectivity index (χ1n) is 12.5. The van der Waals surface area contributed by atoms with E-state index in [0.717, 1.165) is 24.1 Å². The van der Waals surface area contributed by atoms with Gasteiger partial charge in [-0.2, -0.15) is 0 Å². The number of anilines is 1. The van der Waals surface area contributed by atoms with Crippen molar-refractivity contribution < 1.29 is 9.18 Å². The van der Waals surface area contributed by atoms with Gasteiger partial charge in [0, 0.05) is 5.69 Å². The summed E-state index contributed by atoms with van der Waals surface area (Å²) in [6.07, 6.45) is 1.85. The smallest absolute Gasteiger partial charge is 0.258 e. The molecule has 0 saturated carbocycles. The average molecular weight is 474 g/mol. The zero-order chi connectivity index (χ0) is 24.9. The highest BCUT2D eigenvalue weighted by Crippen LogP contribution is 2.48. The fraction of sp³-hybridized carbons (Fsp3) is 0.182. The minimum Gasteiger partial charge on any atom is -0.322 e. The summed E-state index contributed by atoms with van der Waals surface area (Å²) in [4.78, 5) is 12.9. The van der Waals surface area contributed by atoms with Crippen LogP contribution in [0.15, 0.2) is 97.1 Å². The average Bonchev–Trinajstić information content (AvgIpc) is 2.88. The van der Waals surface area contributed by atoms with Crippen molar-refractivity contribution in [2.75, 3.05) is 5.32 Å². The molecular weight excluding hydrogens is 445 g/mol. The normalized spacial score (nSPS) is 16.6. The third-order valence-electron chi connectivity index (χ3n) is 7.68. The molecule has 0 heterocycles. The molecule has 0 saturated heterocycles. The molecule has 1 aliphatic carbocycles. The van der Waals surface area contributed by atoms with Gasteiger partial charge >= 0.3 is 0 Å².